The molecular weight excluding hydrogens is 233 g/mol. The van der Waals surface area contributed by atoms with Crippen molar-refractivity contribution in [2.45, 2.75) is 36.5 Å². The normalized spacial score (nSPS) is 19.6. The molecule has 1 aliphatic heterocycles. The maximum absolute atomic E-state index is 9.82. The third-order valence-corrected chi connectivity index (χ3v) is 3.70. The summed E-state index contributed by atoms with van der Waals surface area (Å²) < 4.78 is 5.55. The quantitative estimate of drug-likeness (QED) is 0.614. The van der Waals surface area contributed by atoms with E-state index in [0.29, 0.717) is 6.54 Å². The van der Waals surface area contributed by atoms with Crippen molar-refractivity contribution in [3.05, 3.63) is 23.8 Å². The molecule has 1 aromatic rings. The van der Waals surface area contributed by atoms with Crippen LogP contribution >= 0.6 is 11.8 Å². The van der Waals surface area contributed by atoms with Crippen LogP contribution in [0.15, 0.2) is 23.1 Å². The maximum Gasteiger partial charge on any atom is 0.492 e. The second-order valence-electron chi connectivity index (χ2n) is 5.22. The molecule has 3 nitrogen and oxygen atoms in total. The Balaban J connectivity index is 2.29. The highest BCUT2D eigenvalue weighted by Gasteiger charge is 2.34. The van der Waals surface area contributed by atoms with E-state index in [-0.39, 0.29) is 10.9 Å². The molecule has 0 aromatic heterocycles. The van der Waals surface area contributed by atoms with Crippen molar-refractivity contribution in [3.63, 3.8) is 0 Å². The Kier molecular flexibility index (Phi) is 3.54. The molecule has 1 aromatic carbocycles. The van der Waals surface area contributed by atoms with Gasteiger partial charge in [0.25, 0.3) is 0 Å². The van der Waals surface area contributed by atoms with Gasteiger partial charge in [-0.15, -0.1) is 11.8 Å². The molecule has 1 atom stereocenters. The minimum Gasteiger partial charge on any atom is -0.423 e. The maximum atomic E-state index is 9.82. The second kappa shape index (κ2) is 4.65. The Labute approximate surface area is 107 Å². The van der Waals surface area contributed by atoms with E-state index >= 15 is 0 Å². The zero-order valence-electron chi connectivity index (χ0n) is 10.4. The van der Waals surface area contributed by atoms with Crippen molar-refractivity contribution < 1.29 is 9.68 Å². The number of rotatable bonds is 2. The summed E-state index contributed by atoms with van der Waals surface area (Å²) in [6.07, 6.45) is -0.173. The van der Waals surface area contributed by atoms with Crippen LogP contribution in [0.2, 0.25) is 0 Å². The predicted molar refractivity (Wildman–Crippen MR) is 72.5 cm³/mol. The molecule has 3 N–H and O–H groups in total. The van der Waals surface area contributed by atoms with Crippen LogP contribution in [0.4, 0.5) is 0 Å². The fourth-order valence-electron chi connectivity index (χ4n) is 1.96. The van der Waals surface area contributed by atoms with Crippen LogP contribution in [0.1, 0.15) is 32.4 Å². The zero-order valence-corrected chi connectivity index (χ0v) is 11.3. The van der Waals surface area contributed by atoms with E-state index < -0.39 is 7.12 Å². The molecule has 0 aliphatic carbocycles. The van der Waals surface area contributed by atoms with E-state index in [2.05, 4.69) is 26.8 Å². The number of hydrogen-bond acceptors (Lipinski definition) is 4. The Morgan fingerprint density at radius 1 is 1.47 bits per heavy atom. The molecule has 17 heavy (non-hydrogen) atoms. The first kappa shape index (κ1) is 13.0. The van der Waals surface area contributed by atoms with Gasteiger partial charge in [0.05, 0.1) is 6.10 Å². The molecule has 0 fully saturated rings. The Morgan fingerprint density at radius 2 is 2.18 bits per heavy atom. The summed E-state index contributed by atoms with van der Waals surface area (Å²) in [7, 11) is -0.834. The highest BCUT2D eigenvalue weighted by molar-refractivity contribution is 8.00. The van der Waals surface area contributed by atoms with E-state index in [0.717, 1.165) is 15.9 Å². The van der Waals surface area contributed by atoms with Crippen molar-refractivity contribution in [2.75, 3.05) is 6.54 Å². The molecule has 0 radical (unpaired) electrons. The number of hydrogen-bond donors (Lipinski definition) is 2. The molecule has 1 heterocycles. The van der Waals surface area contributed by atoms with Crippen LogP contribution in [0, 0.1) is 0 Å². The van der Waals surface area contributed by atoms with Gasteiger partial charge in [-0.2, -0.15) is 0 Å². The van der Waals surface area contributed by atoms with Crippen molar-refractivity contribution in [1.82, 2.24) is 0 Å². The summed E-state index contributed by atoms with van der Waals surface area (Å²) in [5.41, 5.74) is 7.48. The number of thioether (sulfide) groups is 1. The van der Waals surface area contributed by atoms with Gasteiger partial charge < -0.3 is 15.4 Å². The van der Waals surface area contributed by atoms with Gasteiger partial charge in [-0.3, -0.25) is 0 Å². The Hall–Kier alpha value is -0.485. The lowest BCUT2D eigenvalue weighted by Gasteiger charge is -2.18. The van der Waals surface area contributed by atoms with E-state index in [1.165, 1.54) is 0 Å². The number of fused-ring (bicyclic) bond motifs is 1. The van der Waals surface area contributed by atoms with Gasteiger partial charge in [0.1, 0.15) is 0 Å². The Bertz CT molecular complexity index is 419. The van der Waals surface area contributed by atoms with Gasteiger partial charge in [0.15, 0.2) is 0 Å². The SMILES string of the molecule is CC(C)(C)Sc1ccc2c(c1)B(O)OC2CN. The summed E-state index contributed by atoms with van der Waals surface area (Å²) in [6, 6.07) is 6.08. The highest BCUT2D eigenvalue weighted by Crippen LogP contribution is 2.33. The first-order valence-corrected chi connectivity index (χ1v) is 6.59. The Morgan fingerprint density at radius 3 is 2.76 bits per heavy atom. The standard InChI is InChI=1S/C12H18BNO2S/c1-12(2,3)17-8-4-5-9-10(6-8)13(15)16-11(9)7-14/h4-6,11,15H,7,14H2,1-3H3. The monoisotopic (exact) mass is 251 g/mol. The summed E-state index contributed by atoms with van der Waals surface area (Å²) >= 11 is 1.78. The van der Waals surface area contributed by atoms with Crippen LogP contribution in [-0.2, 0) is 4.65 Å². The molecule has 0 spiro atoms. The van der Waals surface area contributed by atoms with Gasteiger partial charge in [-0.25, -0.2) is 0 Å². The van der Waals surface area contributed by atoms with E-state index in [9.17, 15) is 5.02 Å². The molecule has 0 bridgehead atoms. The average molecular weight is 251 g/mol. The van der Waals surface area contributed by atoms with Gasteiger partial charge in [-0.05, 0) is 23.2 Å². The third kappa shape index (κ3) is 2.85. The summed E-state index contributed by atoms with van der Waals surface area (Å²) in [6.45, 7) is 6.90. The molecule has 1 unspecified atom stereocenters. The van der Waals surface area contributed by atoms with Gasteiger partial charge >= 0.3 is 7.12 Å². The van der Waals surface area contributed by atoms with Crippen LogP contribution in [-0.4, -0.2) is 23.4 Å². The van der Waals surface area contributed by atoms with E-state index in [1.807, 2.05) is 12.1 Å². The van der Waals surface area contributed by atoms with Gasteiger partial charge in [-0.1, -0.05) is 26.8 Å². The minimum absolute atomic E-state index is 0.159. The van der Waals surface area contributed by atoms with Crippen molar-refractivity contribution in [1.29, 1.82) is 0 Å². The molecule has 92 valence electrons. The van der Waals surface area contributed by atoms with Gasteiger partial charge in [0, 0.05) is 16.2 Å². The van der Waals surface area contributed by atoms with Crippen molar-refractivity contribution in [3.8, 4) is 0 Å². The van der Waals surface area contributed by atoms with Crippen molar-refractivity contribution in [2.24, 2.45) is 5.73 Å². The van der Waals surface area contributed by atoms with Crippen LogP contribution in [0.25, 0.3) is 0 Å². The topological polar surface area (TPSA) is 55.5 Å². The van der Waals surface area contributed by atoms with Crippen LogP contribution < -0.4 is 11.2 Å². The smallest absolute Gasteiger partial charge is 0.423 e. The summed E-state index contributed by atoms with van der Waals surface area (Å²) in [5, 5.41) is 9.82. The van der Waals surface area contributed by atoms with E-state index in [4.69, 9.17) is 10.4 Å². The lowest BCUT2D eigenvalue weighted by atomic mass is 9.79. The minimum atomic E-state index is -0.834. The summed E-state index contributed by atoms with van der Waals surface area (Å²) in [5.74, 6) is 0. The number of benzene rings is 1. The first-order chi connectivity index (χ1) is 7.90. The molecule has 0 saturated carbocycles. The second-order valence-corrected chi connectivity index (χ2v) is 7.12. The largest absolute Gasteiger partial charge is 0.492 e. The zero-order chi connectivity index (χ0) is 12.6. The lowest BCUT2D eigenvalue weighted by molar-refractivity contribution is 0.198. The van der Waals surface area contributed by atoms with Crippen molar-refractivity contribution >= 4 is 24.3 Å². The molecule has 0 saturated heterocycles. The van der Waals surface area contributed by atoms with Crippen LogP contribution in [0.3, 0.4) is 0 Å². The van der Waals surface area contributed by atoms with E-state index in [1.54, 1.807) is 11.8 Å². The fraction of sp³-hybridized carbons (Fsp3) is 0.500. The fourth-order valence-corrected chi connectivity index (χ4v) is 2.99. The number of nitrogens with two attached hydrogens (primary N) is 1. The van der Waals surface area contributed by atoms with Gasteiger partial charge in [0.2, 0.25) is 0 Å². The van der Waals surface area contributed by atoms with Crippen LogP contribution in [0.5, 0.6) is 0 Å². The summed E-state index contributed by atoms with van der Waals surface area (Å²) in [4.78, 5) is 1.15. The third-order valence-electron chi connectivity index (χ3n) is 2.60. The molecule has 0 amide bonds. The molecule has 1 aliphatic rings. The average Bonchev–Trinajstić information content (AvgIpc) is 2.53. The molecule has 2 rings (SSSR count). The highest BCUT2D eigenvalue weighted by atomic mass is 32.2. The lowest BCUT2D eigenvalue weighted by Crippen LogP contribution is -2.28. The molecular formula is C12H18BNO2S. The predicted octanol–water partition coefficient (Wildman–Crippen LogP) is 1.29. The first-order valence-electron chi connectivity index (χ1n) is 5.77. The molecule has 5 heteroatoms.